The molecule has 0 bridgehead atoms. The number of phosphoric acid groups is 3. The SMILES string of the molecule is CC(C)(CNC(=O)CCCCNC(=O)c1ccc(B(O)O)cc1)SSCO[C@@H]1C[C@H](n2cnc3c(=O)[nH]c(N)nc32)OC1COP(=O)(O)OP(=O)(O)OP(=O)(O)O. The molecule has 1 fully saturated rings. The quantitative estimate of drug-likeness (QED) is 0.0212. The first kappa shape index (κ1) is 47.0. The van der Waals surface area contributed by atoms with Crippen molar-refractivity contribution in [1.29, 1.82) is 0 Å². The molecule has 2 amide bonds. The lowest BCUT2D eigenvalue weighted by molar-refractivity contribution is -0.121. The number of benzene rings is 1. The molecule has 1 saturated heterocycles. The summed E-state index contributed by atoms with van der Waals surface area (Å²) in [6.45, 7) is 3.60. The van der Waals surface area contributed by atoms with Crippen LogP contribution in [0.5, 0.6) is 0 Å². The van der Waals surface area contributed by atoms with E-state index in [2.05, 4.69) is 34.2 Å². The van der Waals surface area contributed by atoms with Gasteiger partial charge in [-0.2, -0.15) is 13.6 Å². The van der Waals surface area contributed by atoms with E-state index in [1.165, 1.54) is 56.7 Å². The molecule has 0 aliphatic carbocycles. The second-order valence-corrected chi connectivity index (χ2v) is 20.2. The van der Waals surface area contributed by atoms with Gasteiger partial charge in [0.2, 0.25) is 11.9 Å². The molecule has 3 aromatic rings. The number of hydrogen-bond acceptors (Lipinski definition) is 18. The molecule has 0 spiro atoms. The number of hydrogen-bond donors (Lipinski definition) is 10. The Kier molecular flexibility index (Phi) is 16.5. The number of imidazole rings is 1. The summed E-state index contributed by atoms with van der Waals surface area (Å²) in [5.74, 6) is -0.703. The van der Waals surface area contributed by atoms with Crippen LogP contribution in [0, 0.1) is 0 Å². The molecule has 1 aliphatic rings. The molecule has 0 radical (unpaired) electrons. The summed E-state index contributed by atoms with van der Waals surface area (Å²) in [4.78, 5) is 84.5. The number of nitrogens with zero attached hydrogens (tertiary/aromatic N) is 3. The Hall–Kier alpha value is -2.68. The first-order valence-corrected chi connectivity index (χ1v) is 23.5. The molecule has 30 heteroatoms. The standard InChI is InChI=1S/C27H41BN7O17P3S2/c1-27(2,13-31-20(36)5-3-4-10-30-24(37)16-6-8-17(9-7-16)28(39)40)57-56-15-48-18-11-21(35-14-32-22-23(35)33-26(29)34-25(22)38)50-19(18)12-49-54(44,45)52-55(46,47)51-53(41,42)43/h6-9,14,18-19,21,39-40H,3-5,10-13,15H2,1-2H3,(H,30,37)(H,31,36)(H,44,45)(H,46,47)(H2,41,42,43)(H3,29,33,34,38)/t18-,19?,21-/m1/s1. The Morgan fingerprint density at radius 2 is 1.79 bits per heavy atom. The number of amides is 2. The number of aromatic nitrogens is 4. The van der Waals surface area contributed by atoms with E-state index < -0.39 is 65.9 Å². The van der Waals surface area contributed by atoms with Crippen molar-refractivity contribution in [2.45, 2.75) is 62.7 Å². The minimum atomic E-state index is -5.77. The average molecular weight is 904 g/mol. The number of nitrogens with two attached hydrogens (primary N) is 1. The van der Waals surface area contributed by atoms with Crippen LogP contribution in [0.1, 0.15) is 56.1 Å². The zero-order chi connectivity index (χ0) is 42.2. The van der Waals surface area contributed by atoms with Crippen molar-refractivity contribution < 1.29 is 75.5 Å². The monoisotopic (exact) mass is 903 g/mol. The number of rotatable bonds is 22. The molecule has 3 heterocycles. The summed E-state index contributed by atoms with van der Waals surface area (Å²) in [5.41, 5.74) is 5.69. The summed E-state index contributed by atoms with van der Waals surface area (Å²) >= 11 is 0. The van der Waals surface area contributed by atoms with E-state index in [-0.39, 0.29) is 53.2 Å². The van der Waals surface area contributed by atoms with E-state index in [4.69, 9.17) is 39.6 Å². The van der Waals surface area contributed by atoms with E-state index in [1.54, 1.807) is 0 Å². The summed E-state index contributed by atoms with van der Waals surface area (Å²) in [6, 6.07) is 5.83. The van der Waals surface area contributed by atoms with Crippen LogP contribution in [0.2, 0.25) is 0 Å². The molecule has 57 heavy (non-hydrogen) atoms. The highest BCUT2D eigenvalue weighted by molar-refractivity contribution is 8.77. The van der Waals surface area contributed by atoms with Crippen LogP contribution >= 0.6 is 45.1 Å². The molecule has 316 valence electrons. The van der Waals surface area contributed by atoms with Crippen LogP contribution in [0.15, 0.2) is 35.4 Å². The lowest BCUT2D eigenvalue weighted by Crippen LogP contribution is -2.36. The van der Waals surface area contributed by atoms with Gasteiger partial charge in [-0.25, -0.2) is 18.7 Å². The maximum Gasteiger partial charge on any atom is 0.490 e. The predicted molar refractivity (Wildman–Crippen MR) is 205 cm³/mol. The largest absolute Gasteiger partial charge is 0.490 e. The van der Waals surface area contributed by atoms with E-state index in [9.17, 15) is 37.9 Å². The average Bonchev–Trinajstić information content (AvgIpc) is 3.70. The minimum Gasteiger partial charge on any atom is -0.423 e. The van der Waals surface area contributed by atoms with Gasteiger partial charge in [0.25, 0.3) is 11.5 Å². The van der Waals surface area contributed by atoms with Gasteiger partial charge in [0.1, 0.15) is 18.3 Å². The molecule has 4 rings (SSSR count). The fraction of sp³-hybridized carbons (Fsp3) is 0.519. The first-order valence-electron chi connectivity index (χ1n) is 16.6. The smallest absolute Gasteiger partial charge is 0.423 e. The van der Waals surface area contributed by atoms with Crippen molar-refractivity contribution >= 4 is 86.6 Å². The van der Waals surface area contributed by atoms with Gasteiger partial charge in [-0.1, -0.05) is 33.7 Å². The van der Waals surface area contributed by atoms with Crippen molar-refractivity contribution in [3.05, 3.63) is 46.5 Å². The fourth-order valence-corrected chi connectivity index (χ4v) is 10.3. The summed E-state index contributed by atoms with van der Waals surface area (Å²) in [5, 5.41) is 24.0. The van der Waals surface area contributed by atoms with Crippen molar-refractivity contribution in [3.63, 3.8) is 0 Å². The van der Waals surface area contributed by atoms with Gasteiger partial charge >= 0.3 is 30.6 Å². The Bertz CT molecular complexity index is 2070. The molecule has 0 saturated carbocycles. The highest BCUT2D eigenvalue weighted by atomic mass is 33.1. The minimum absolute atomic E-state index is 0.0172. The van der Waals surface area contributed by atoms with Gasteiger partial charge in [0.05, 0.1) is 19.0 Å². The summed E-state index contributed by atoms with van der Waals surface area (Å²) < 4.78 is 60.3. The number of ether oxygens (including phenoxy) is 2. The van der Waals surface area contributed by atoms with E-state index >= 15 is 0 Å². The number of carbonyl (C=O) groups excluding carboxylic acids is 2. The number of phosphoric ester groups is 1. The Morgan fingerprint density at radius 3 is 2.46 bits per heavy atom. The summed E-state index contributed by atoms with van der Waals surface area (Å²) in [7, 11) is -15.9. The van der Waals surface area contributed by atoms with E-state index in [0.29, 0.717) is 31.5 Å². The predicted octanol–water partition coefficient (Wildman–Crippen LogP) is 0.232. The Balaban J connectivity index is 1.25. The third-order valence-corrected chi connectivity index (χ3v) is 14.4. The van der Waals surface area contributed by atoms with Gasteiger partial charge in [-0.15, -0.1) is 0 Å². The second-order valence-electron chi connectivity index (χ2n) is 12.8. The topological polar surface area (TPSA) is 367 Å². The second kappa shape index (κ2) is 20.1. The van der Waals surface area contributed by atoms with E-state index in [0.717, 1.165) is 0 Å². The van der Waals surface area contributed by atoms with Gasteiger partial charge < -0.3 is 55.5 Å². The number of fused-ring (bicyclic) bond motifs is 1. The van der Waals surface area contributed by atoms with Crippen molar-refractivity contribution in [2.75, 3.05) is 31.4 Å². The highest BCUT2D eigenvalue weighted by Gasteiger charge is 2.44. The lowest BCUT2D eigenvalue weighted by atomic mass is 9.80. The van der Waals surface area contributed by atoms with Crippen LogP contribution in [-0.4, -0.2) is 111 Å². The third kappa shape index (κ3) is 15.1. The molecular weight excluding hydrogens is 862 g/mol. The third-order valence-electron chi connectivity index (χ3n) is 7.67. The molecule has 11 N–H and O–H groups in total. The number of carbonyl (C=O) groups is 2. The Morgan fingerprint density at radius 1 is 1.09 bits per heavy atom. The number of nitrogens with one attached hydrogen (secondary N) is 3. The highest BCUT2D eigenvalue weighted by Crippen LogP contribution is 2.66. The molecule has 3 unspecified atom stereocenters. The van der Waals surface area contributed by atoms with Crippen LogP contribution in [-0.2, 0) is 41.1 Å². The van der Waals surface area contributed by atoms with Gasteiger partial charge in [-0.3, -0.25) is 28.5 Å². The number of unbranched alkanes of at least 4 members (excludes halogenated alkanes) is 1. The molecule has 24 nitrogen and oxygen atoms in total. The fourth-order valence-electron chi connectivity index (χ4n) is 5.07. The number of H-pyrrole nitrogens is 1. The summed E-state index contributed by atoms with van der Waals surface area (Å²) in [6.07, 6.45) is -0.412. The van der Waals surface area contributed by atoms with Crippen molar-refractivity contribution in [2.24, 2.45) is 0 Å². The van der Waals surface area contributed by atoms with Crippen LogP contribution < -0.4 is 27.4 Å². The molecule has 2 aromatic heterocycles. The molecule has 5 atom stereocenters. The maximum atomic E-state index is 12.5. The molecule has 1 aliphatic heterocycles. The van der Waals surface area contributed by atoms with Gasteiger partial charge in [0.15, 0.2) is 11.2 Å². The lowest BCUT2D eigenvalue weighted by Gasteiger charge is -2.24. The maximum absolute atomic E-state index is 12.5. The van der Waals surface area contributed by atoms with Crippen molar-refractivity contribution in [1.82, 2.24) is 30.2 Å². The zero-order valence-corrected chi connectivity index (χ0v) is 34.4. The number of nitrogen functional groups attached to an aromatic ring is 1. The zero-order valence-electron chi connectivity index (χ0n) is 30.1. The number of aromatic amines is 1. The molecular formula is C27H41BN7O17P3S2. The van der Waals surface area contributed by atoms with Crippen LogP contribution in [0.25, 0.3) is 11.2 Å². The number of anilines is 1. The molecule has 1 aromatic carbocycles. The first-order chi connectivity index (χ1) is 26.5. The van der Waals surface area contributed by atoms with Crippen LogP contribution in [0.3, 0.4) is 0 Å². The van der Waals surface area contributed by atoms with Crippen LogP contribution in [0.4, 0.5) is 5.95 Å². The van der Waals surface area contributed by atoms with E-state index in [1.807, 2.05) is 13.8 Å². The van der Waals surface area contributed by atoms with Crippen molar-refractivity contribution in [3.8, 4) is 0 Å². The van der Waals surface area contributed by atoms with Gasteiger partial charge in [0, 0.05) is 36.2 Å². The van der Waals surface area contributed by atoms with Gasteiger partial charge in [-0.05, 0) is 44.3 Å². The Labute approximate surface area is 332 Å². The normalized spacial score (nSPS) is 19.5.